The number of carbonyl (C=O) groups excluding carboxylic acids is 1. The maximum atomic E-state index is 12.5. The lowest BCUT2D eigenvalue weighted by Crippen LogP contribution is -2.40. The van der Waals surface area contributed by atoms with Gasteiger partial charge in [-0.1, -0.05) is 6.92 Å². The third-order valence-electron chi connectivity index (χ3n) is 4.42. The van der Waals surface area contributed by atoms with Crippen LogP contribution in [0.4, 0.5) is 0 Å². The summed E-state index contributed by atoms with van der Waals surface area (Å²) >= 11 is 0. The van der Waals surface area contributed by atoms with Gasteiger partial charge in [0.15, 0.2) is 5.76 Å². The normalized spacial score (nSPS) is 21.6. The highest BCUT2D eigenvalue weighted by Crippen LogP contribution is 2.26. The Labute approximate surface area is 130 Å². The Hall–Kier alpha value is -1.82. The molecule has 0 spiro atoms. The molecular weight excluding hydrogens is 286 g/mol. The molecule has 0 aliphatic heterocycles. The van der Waals surface area contributed by atoms with Gasteiger partial charge in [-0.2, -0.15) is 0 Å². The minimum absolute atomic E-state index is 0.0716. The summed E-state index contributed by atoms with van der Waals surface area (Å²) in [6.07, 6.45) is 4.34. The van der Waals surface area contributed by atoms with Crippen molar-refractivity contribution in [1.82, 2.24) is 4.90 Å². The number of carboxylic acid groups (broad SMARTS) is 1. The zero-order valence-electron chi connectivity index (χ0n) is 13.3. The Morgan fingerprint density at radius 3 is 2.45 bits per heavy atom. The Bertz CT molecular complexity index is 543. The smallest absolute Gasteiger partial charge is 0.339 e. The fourth-order valence-corrected chi connectivity index (χ4v) is 2.99. The van der Waals surface area contributed by atoms with Crippen LogP contribution in [0.3, 0.4) is 0 Å². The van der Waals surface area contributed by atoms with Crippen molar-refractivity contribution < 1.29 is 23.8 Å². The molecule has 0 unspecified atom stereocenters. The fraction of sp³-hybridized carbons (Fsp3) is 0.625. The number of hydrogen-bond acceptors (Lipinski definition) is 4. The molecule has 1 heterocycles. The molecule has 1 aromatic heterocycles. The van der Waals surface area contributed by atoms with Gasteiger partial charge < -0.3 is 19.2 Å². The summed E-state index contributed by atoms with van der Waals surface area (Å²) in [6, 6.07) is 1.48. The van der Waals surface area contributed by atoms with Crippen LogP contribution in [0.1, 0.15) is 59.3 Å². The SMILES string of the molecule is CCc1oc(C(=O)N(C)C2CCC(OC)CC2)cc1C(=O)O. The van der Waals surface area contributed by atoms with E-state index >= 15 is 0 Å². The number of ether oxygens (including phenoxy) is 1. The second-order valence-electron chi connectivity index (χ2n) is 5.69. The molecule has 1 aliphatic carbocycles. The molecule has 1 N–H and O–H groups in total. The van der Waals surface area contributed by atoms with Gasteiger partial charge in [0.05, 0.1) is 6.10 Å². The van der Waals surface area contributed by atoms with E-state index in [1.54, 1.807) is 26.0 Å². The number of aromatic carboxylic acids is 1. The summed E-state index contributed by atoms with van der Waals surface area (Å²) in [5.74, 6) is -0.885. The van der Waals surface area contributed by atoms with Crippen molar-refractivity contribution >= 4 is 11.9 Å². The molecule has 22 heavy (non-hydrogen) atoms. The van der Waals surface area contributed by atoms with Crippen molar-refractivity contribution in [3.8, 4) is 0 Å². The number of furan rings is 1. The van der Waals surface area contributed by atoms with E-state index in [1.165, 1.54) is 6.07 Å². The highest BCUT2D eigenvalue weighted by Gasteiger charge is 2.29. The van der Waals surface area contributed by atoms with Crippen LogP contribution < -0.4 is 0 Å². The van der Waals surface area contributed by atoms with Crippen molar-refractivity contribution in [1.29, 1.82) is 0 Å². The predicted octanol–water partition coefficient (Wildman–Crippen LogP) is 2.57. The Balaban J connectivity index is 2.09. The maximum absolute atomic E-state index is 12.5. The quantitative estimate of drug-likeness (QED) is 0.904. The monoisotopic (exact) mass is 309 g/mol. The van der Waals surface area contributed by atoms with Crippen LogP contribution >= 0.6 is 0 Å². The number of methoxy groups -OCH3 is 1. The van der Waals surface area contributed by atoms with Crippen LogP contribution in [0, 0.1) is 0 Å². The van der Waals surface area contributed by atoms with Crippen molar-refractivity contribution in [2.45, 2.75) is 51.2 Å². The standard InChI is InChI=1S/C16H23NO5/c1-4-13-12(16(19)20)9-14(22-13)15(18)17(2)10-5-7-11(21-3)8-6-10/h9-11H,4-8H2,1-3H3,(H,19,20). The summed E-state index contributed by atoms with van der Waals surface area (Å²) in [4.78, 5) is 25.3. The van der Waals surface area contributed by atoms with Crippen LogP contribution in [0.15, 0.2) is 10.5 Å². The molecule has 0 aromatic carbocycles. The minimum atomic E-state index is -1.07. The first kappa shape index (κ1) is 16.5. The van der Waals surface area contributed by atoms with Gasteiger partial charge in [-0.05, 0) is 25.7 Å². The zero-order valence-corrected chi connectivity index (χ0v) is 13.3. The van der Waals surface area contributed by atoms with Crippen molar-refractivity contribution in [2.75, 3.05) is 14.2 Å². The molecular formula is C16H23NO5. The number of carboxylic acids is 1. The highest BCUT2D eigenvalue weighted by molar-refractivity contribution is 5.96. The summed E-state index contributed by atoms with van der Waals surface area (Å²) < 4.78 is 10.8. The number of hydrogen-bond donors (Lipinski definition) is 1. The first-order valence-electron chi connectivity index (χ1n) is 7.63. The summed E-state index contributed by atoms with van der Waals surface area (Å²) in [5.41, 5.74) is 0.0716. The Morgan fingerprint density at radius 2 is 2.00 bits per heavy atom. The van der Waals surface area contributed by atoms with Gasteiger partial charge in [0.2, 0.25) is 0 Å². The largest absolute Gasteiger partial charge is 0.478 e. The molecule has 6 heteroatoms. The van der Waals surface area contributed by atoms with E-state index in [9.17, 15) is 9.59 Å². The lowest BCUT2D eigenvalue weighted by molar-refractivity contribution is 0.0372. The summed E-state index contributed by atoms with van der Waals surface area (Å²) in [5, 5.41) is 9.14. The average molecular weight is 309 g/mol. The van der Waals surface area contributed by atoms with Crippen molar-refractivity contribution in [3.63, 3.8) is 0 Å². The van der Waals surface area contributed by atoms with Gasteiger partial charge in [-0.25, -0.2) is 4.79 Å². The van der Waals surface area contributed by atoms with Gasteiger partial charge in [-0.3, -0.25) is 4.79 Å². The van der Waals surface area contributed by atoms with E-state index in [2.05, 4.69) is 0 Å². The highest BCUT2D eigenvalue weighted by atomic mass is 16.5. The predicted molar refractivity (Wildman–Crippen MR) is 80.2 cm³/mol. The van der Waals surface area contributed by atoms with E-state index in [0.29, 0.717) is 12.2 Å². The van der Waals surface area contributed by atoms with E-state index in [0.717, 1.165) is 25.7 Å². The van der Waals surface area contributed by atoms with Crippen molar-refractivity contribution in [2.24, 2.45) is 0 Å². The number of carbonyl (C=O) groups is 2. The molecule has 0 saturated heterocycles. The Morgan fingerprint density at radius 1 is 1.36 bits per heavy atom. The molecule has 0 atom stereocenters. The van der Waals surface area contributed by atoms with Gasteiger partial charge in [-0.15, -0.1) is 0 Å². The van der Waals surface area contributed by atoms with Gasteiger partial charge in [0, 0.05) is 32.7 Å². The van der Waals surface area contributed by atoms with Gasteiger partial charge in [0.1, 0.15) is 11.3 Å². The van der Waals surface area contributed by atoms with Crippen LogP contribution in [0.5, 0.6) is 0 Å². The van der Waals surface area contributed by atoms with Crippen LogP contribution in [0.25, 0.3) is 0 Å². The van der Waals surface area contributed by atoms with Crippen molar-refractivity contribution in [3.05, 3.63) is 23.2 Å². The second kappa shape index (κ2) is 6.96. The van der Waals surface area contributed by atoms with Crippen LogP contribution in [-0.2, 0) is 11.2 Å². The molecule has 6 nitrogen and oxygen atoms in total. The molecule has 1 fully saturated rings. The van der Waals surface area contributed by atoms with E-state index in [4.69, 9.17) is 14.3 Å². The van der Waals surface area contributed by atoms with Gasteiger partial charge in [0.25, 0.3) is 5.91 Å². The van der Waals surface area contributed by atoms with E-state index in [1.807, 2.05) is 0 Å². The fourth-order valence-electron chi connectivity index (χ4n) is 2.99. The maximum Gasteiger partial charge on any atom is 0.339 e. The molecule has 1 aromatic rings. The zero-order chi connectivity index (χ0) is 16.3. The second-order valence-corrected chi connectivity index (χ2v) is 5.69. The lowest BCUT2D eigenvalue weighted by atomic mass is 9.92. The van der Waals surface area contributed by atoms with E-state index in [-0.39, 0.29) is 29.4 Å². The first-order chi connectivity index (χ1) is 10.5. The molecule has 1 aliphatic rings. The molecule has 2 rings (SSSR count). The third-order valence-corrected chi connectivity index (χ3v) is 4.42. The van der Waals surface area contributed by atoms with Crippen LogP contribution in [0.2, 0.25) is 0 Å². The Kier molecular flexibility index (Phi) is 5.24. The molecule has 1 saturated carbocycles. The average Bonchev–Trinajstić information content (AvgIpc) is 2.98. The summed E-state index contributed by atoms with van der Waals surface area (Å²) in [6.45, 7) is 1.80. The third kappa shape index (κ3) is 3.32. The number of amides is 1. The lowest BCUT2D eigenvalue weighted by Gasteiger charge is -2.33. The molecule has 1 amide bonds. The van der Waals surface area contributed by atoms with Crippen LogP contribution in [-0.4, -0.2) is 48.2 Å². The molecule has 0 bridgehead atoms. The number of aryl methyl sites for hydroxylation is 1. The molecule has 122 valence electrons. The number of rotatable bonds is 5. The number of nitrogens with zero attached hydrogens (tertiary/aromatic N) is 1. The van der Waals surface area contributed by atoms with Gasteiger partial charge >= 0.3 is 5.97 Å². The molecule has 0 radical (unpaired) electrons. The summed E-state index contributed by atoms with van der Waals surface area (Å²) in [7, 11) is 3.46. The first-order valence-corrected chi connectivity index (χ1v) is 7.63. The minimum Gasteiger partial charge on any atom is -0.478 e. The van der Waals surface area contributed by atoms with E-state index < -0.39 is 5.97 Å². The topological polar surface area (TPSA) is 80.0 Å².